The van der Waals surface area contributed by atoms with E-state index in [1.54, 1.807) is 0 Å². The van der Waals surface area contributed by atoms with Crippen LogP contribution in [0.5, 0.6) is 5.75 Å². The fourth-order valence-corrected chi connectivity index (χ4v) is 2.58. The summed E-state index contributed by atoms with van der Waals surface area (Å²) in [5, 5.41) is 3.42. The van der Waals surface area contributed by atoms with Crippen molar-refractivity contribution < 1.29 is 4.74 Å². The average molecular weight is 294 g/mol. The summed E-state index contributed by atoms with van der Waals surface area (Å²) in [6, 6.07) is 0.272. The maximum atomic E-state index is 5.91. The van der Waals surface area contributed by atoms with Gasteiger partial charge in [0.25, 0.3) is 0 Å². The lowest BCUT2D eigenvalue weighted by molar-refractivity contribution is 0.255. The molecular weight excluding hydrogens is 268 g/mol. The van der Waals surface area contributed by atoms with Crippen LogP contribution in [0.3, 0.4) is 0 Å². The number of ether oxygens (including phenoxy) is 1. The summed E-state index contributed by atoms with van der Waals surface area (Å²) in [5.74, 6) is 3.13. The minimum Gasteiger partial charge on any atom is -0.484 e. The van der Waals surface area contributed by atoms with Crippen LogP contribution in [0, 0.1) is 5.92 Å². The van der Waals surface area contributed by atoms with Crippen LogP contribution in [0.4, 0.5) is 17.6 Å². The molecule has 0 saturated carbocycles. The normalized spacial score (nSPS) is 20.2. The lowest BCUT2D eigenvalue weighted by Crippen LogP contribution is -2.37. The third-order valence-corrected chi connectivity index (χ3v) is 3.80. The zero-order valence-electron chi connectivity index (χ0n) is 13.1. The molecule has 21 heavy (non-hydrogen) atoms. The fourth-order valence-electron chi connectivity index (χ4n) is 2.58. The van der Waals surface area contributed by atoms with Gasteiger partial charge in [-0.15, -0.1) is 0 Å². The summed E-state index contributed by atoms with van der Waals surface area (Å²) >= 11 is 0. The summed E-state index contributed by atoms with van der Waals surface area (Å²) in [4.78, 5) is 10.9. The second kappa shape index (κ2) is 6.80. The van der Waals surface area contributed by atoms with E-state index < -0.39 is 0 Å². The molecule has 0 aromatic carbocycles. The zero-order valence-corrected chi connectivity index (χ0v) is 13.1. The summed E-state index contributed by atoms with van der Waals surface area (Å²) in [6.45, 7) is 7.01. The predicted molar refractivity (Wildman–Crippen MR) is 85.7 cm³/mol. The molecule has 0 bridgehead atoms. The third-order valence-electron chi connectivity index (χ3n) is 3.80. The van der Waals surface area contributed by atoms with Crippen molar-refractivity contribution in [2.45, 2.75) is 32.7 Å². The van der Waals surface area contributed by atoms with E-state index in [4.69, 9.17) is 10.5 Å². The topological polar surface area (TPSA) is 102 Å². The van der Waals surface area contributed by atoms with Crippen LogP contribution in [0.15, 0.2) is 0 Å². The summed E-state index contributed by atoms with van der Waals surface area (Å²) in [6.07, 6.45) is 2.39. The van der Waals surface area contributed by atoms with Crippen molar-refractivity contribution >= 4 is 17.6 Å². The standard InChI is InChI=1S/C13H21N5O.CH5N/c1-8(2)9-7-19-10-11(15-9)16-13(14)17-12(10)18-5-3-4-6-18;1-2/h8-9H,3-7H2,1-2H3,(H3,14,15,16,17);2H2,1H3. The predicted octanol–water partition coefficient (Wildman–Crippen LogP) is 1.06. The van der Waals surface area contributed by atoms with Gasteiger partial charge in [0.05, 0.1) is 6.04 Å². The van der Waals surface area contributed by atoms with Crippen LogP contribution in [0.2, 0.25) is 0 Å². The number of nitrogens with zero attached hydrogens (tertiary/aromatic N) is 3. The Morgan fingerprint density at radius 3 is 2.52 bits per heavy atom. The van der Waals surface area contributed by atoms with Crippen molar-refractivity contribution in [1.82, 2.24) is 9.97 Å². The molecule has 0 amide bonds. The number of hydrogen-bond donors (Lipinski definition) is 3. The van der Waals surface area contributed by atoms with Crippen LogP contribution in [0.25, 0.3) is 0 Å². The van der Waals surface area contributed by atoms with Gasteiger partial charge in [-0.1, -0.05) is 13.8 Å². The molecule has 3 rings (SSSR count). The highest BCUT2D eigenvalue weighted by molar-refractivity contribution is 5.68. The van der Waals surface area contributed by atoms with Crippen molar-refractivity contribution in [3.8, 4) is 5.75 Å². The van der Waals surface area contributed by atoms with Crippen LogP contribution in [-0.4, -0.2) is 42.8 Å². The number of rotatable bonds is 2. The van der Waals surface area contributed by atoms with Gasteiger partial charge in [0, 0.05) is 13.1 Å². The van der Waals surface area contributed by atoms with E-state index in [0.29, 0.717) is 18.5 Å². The molecule has 118 valence electrons. The maximum absolute atomic E-state index is 5.91. The molecule has 1 atom stereocenters. The minimum absolute atomic E-state index is 0.272. The molecule has 2 aliphatic rings. The Morgan fingerprint density at radius 1 is 1.24 bits per heavy atom. The van der Waals surface area contributed by atoms with Crippen LogP contribution in [-0.2, 0) is 0 Å². The number of fused-ring (bicyclic) bond motifs is 1. The summed E-state index contributed by atoms with van der Waals surface area (Å²) < 4.78 is 5.91. The zero-order chi connectivity index (χ0) is 15.4. The van der Waals surface area contributed by atoms with E-state index in [1.165, 1.54) is 19.9 Å². The average Bonchev–Trinajstić information content (AvgIpc) is 3.01. The summed E-state index contributed by atoms with van der Waals surface area (Å²) in [5.41, 5.74) is 10.3. The van der Waals surface area contributed by atoms with Gasteiger partial charge in [-0.25, -0.2) is 0 Å². The van der Waals surface area contributed by atoms with Gasteiger partial charge in [0.15, 0.2) is 11.6 Å². The van der Waals surface area contributed by atoms with Crippen molar-refractivity contribution in [2.24, 2.45) is 11.7 Å². The summed E-state index contributed by atoms with van der Waals surface area (Å²) in [7, 11) is 1.50. The molecule has 5 N–H and O–H groups in total. The largest absolute Gasteiger partial charge is 0.484 e. The first-order chi connectivity index (χ1) is 10.1. The van der Waals surface area contributed by atoms with Crippen LogP contribution in [0.1, 0.15) is 26.7 Å². The Morgan fingerprint density at radius 2 is 1.90 bits per heavy atom. The van der Waals surface area contributed by atoms with Gasteiger partial charge in [-0.2, -0.15) is 9.97 Å². The Hall–Kier alpha value is -1.76. The first-order valence-electron chi connectivity index (χ1n) is 7.54. The molecule has 0 spiro atoms. The highest BCUT2D eigenvalue weighted by Gasteiger charge is 2.29. The number of nitrogen functional groups attached to an aromatic ring is 1. The first-order valence-corrected chi connectivity index (χ1v) is 7.54. The van der Waals surface area contributed by atoms with Gasteiger partial charge < -0.3 is 26.4 Å². The highest BCUT2D eigenvalue weighted by Crippen LogP contribution is 2.38. The van der Waals surface area contributed by atoms with Gasteiger partial charge >= 0.3 is 0 Å². The lowest BCUT2D eigenvalue weighted by atomic mass is 10.0. The molecule has 1 aromatic rings. The minimum atomic E-state index is 0.272. The van der Waals surface area contributed by atoms with Crippen LogP contribution < -0.4 is 26.4 Å². The third kappa shape index (κ3) is 3.29. The Kier molecular flexibility index (Phi) is 5.06. The van der Waals surface area contributed by atoms with E-state index in [-0.39, 0.29) is 6.04 Å². The van der Waals surface area contributed by atoms with E-state index in [2.05, 4.69) is 39.8 Å². The van der Waals surface area contributed by atoms with E-state index in [9.17, 15) is 0 Å². The molecule has 1 saturated heterocycles. The smallest absolute Gasteiger partial charge is 0.224 e. The quantitative estimate of drug-likeness (QED) is 0.749. The second-order valence-electron chi connectivity index (χ2n) is 5.58. The molecule has 7 heteroatoms. The Labute approximate surface area is 126 Å². The van der Waals surface area contributed by atoms with Gasteiger partial charge in [-0.3, -0.25) is 0 Å². The van der Waals surface area contributed by atoms with Crippen molar-refractivity contribution in [3.63, 3.8) is 0 Å². The lowest BCUT2D eigenvalue weighted by Gasteiger charge is -2.31. The SMILES string of the molecule is CC(C)C1COc2c(nc(N)nc2N2CCCC2)N1.CN. The van der Waals surface area contributed by atoms with E-state index in [1.807, 2.05) is 0 Å². The fraction of sp³-hybridized carbons (Fsp3) is 0.714. The monoisotopic (exact) mass is 294 g/mol. The van der Waals surface area contributed by atoms with Gasteiger partial charge in [0.1, 0.15) is 6.61 Å². The first kappa shape index (κ1) is 15.6. The molecule has 2 aliphatic heterocycles. The molecule has 1 aromatic heterocycles. The van der Waals surface area contributed by atoms with Crippen LogP contribution >= 0.6 is 0 Å². The van der Waals surface area contributed by atoms with E-state index >= 15 is 0 Å². The van der Waals surface area contributed by atoms with E-state index in [0.717, 1.165) is 30.5 Å². The Bertz CT molecular complexity index is 473. The molecule has 1 unspecified atom stereocenters. The highest BCUT2D eigenvalue weighted by atomic mass is 16.5. The number of aromatic nitrogens is 2. The molecule has 0 radical (unpaired) electrons. The van der Waals surface area contributed by atoms with Gasteiger partial charge in [-0.05, 0) is 25.8 Å². The van der Waals surface area contributed by atoms with Crippen molar-refractivity contribution in [1.29, 1.82) is 0 Å². The van der Waals surface area contributed by atoms with Crippen molar-refractivity contribution in [3.05, 3.63) is 0 Å². The number of anilines is 3. The number of nitrogens with one attached hydrogen (secondary N) is 1. The number of hydrogen-bond acceptors (Lipinski definition) is 7. The Balaban J connectivity index is 0.000000774. The van der Waals surface area contributed by atoms with Crippen molar-refractivity contribution in [2.75, 3.05) is 42.7 Å². The van der Waals surface area contributed by atoms with Gasteiger partial charge in [0.2, 0.25) is 11.7 Å². The molecule has 3 heterocycles. The molecule has 0 aliphatic carbocycles. The molecule has 1 fully saturated rings. The molecule has 7 nitrogen and oxygen atoms in total. The maximum Gasteiger partial charge on any atom is 0.224 e. The number of nitrogens with two attached hydrogens (primary N) is 2. The second-order valence-corrected chi connectivity index (χ2v) is 5.58. The molecular formula is C14H26N6O.